The van der Waals surface area contributed by atoms with Gasteiger partial charge in [-0.1, -0.05) is 0 Å². The van der Waals surface area contributed by atoms with Crippen molar-refractivity contribution in [3.05, 3.63) is 66.5 Å². The van der Waals surface area contributed by atoms with Crippen LogP contribution in [0.5, 0.6) is 0 Å². The fraction of sp³-hybridized carbons (Fsp3) is 0.250. The average Bonchev–Trinajstić information content (AvgIpc) is 3.28. The molecule has 1 saturated heterocycles. The Bertz CT molecular complexity index is 1280. The first-order valence-corrected chi connectivity index (χ1v) is 10.9. The summed E-state index contributed by atoms with van der Waals surface area (Å²) in [5, 5.41) is 6.70. The molecule has 0 unspecified atom stereocenters. The molecule has 0 amide bonds. The van der Waals surface area contributed by atoms with Crippen LogP contribution >= 0.6 is 0 Å². The van der Waals surface area contributed by atoms with Crippen LogP contribution in [0.2, 0.25) is 0 Å². The first-order chi connectivity index (χ1) is 16.3. The van der Waals surface area contributed by atoms with Crippen LogP contribution in [0.25, 0.3) is 10.9 Å². The lowest BCUT2D eigenvalue weighted by atomic mass is 10.2. The number of nitrogens with zero attached hydrogens (tertiary/aromatic N) is 4. The van der Waals surface area contributed by atoms with Gasteiger partial charge in [0, 0.05) is 66.5 Å². The Morgan fingerprint density at radius 3 is 2.38 bits per heavy atom. The number of rotatable bonds is 5. The maximum absolute atomic E-state index is 13.6. The Morgan fingerprint density at radius 2 is 1.65 bits per heavy atom. The Kier molecular flexibility index (Phi) is 5.74. The number of alkyl halides is 3. The lowest BCUT2D eigenvalue weighted by Gasteiger charge is -2.34. The number of aromatic amines is 1. The number of nitrogens with one attached hydrogen (secondary N) is 3. The summed E-state index contributed by atoms with van der Waals surface area (Å²) in [6.45, 7) is 3.92. The maximum Gasteiger partial charge on any atom is 0.421 e. The lowest BCUT2D eigenvalue weighted by Crippen LogP contribution is -2.44. The second-order valence-corrected chi connectivity index (χ2v) is 8.32. The molecule has 2 aromatic carbocycles. The van der Waals surface area contributed by atoms with E-state index in [2.05, 4.69) is 42.4 Å². The lowest BCUT2D eigenvalue weighted by molar-refractivity contribution is -0.137. The Balaban J connectivity index is 1.36. The Hall–Kier alpha value is -3.79. The molecule has 176 valence electrons. The molecule has 3 N–H and O–H groups in total. The summed E-state index contributed by atoms with van der Waals surface area (Å²) < 4.78 is 40.8. The highest BCUT2D eigenvalue weighted by molar-refractivity contribution is 5.84. The van der Waals surface area contributed by atoms with E-state index in [-0.39, 0.29) is 11.8 Å². The van der Waals surface area contributed by atoms with Gasteiger partial charge in [-0.25, -0.2) is 4.98 Å². The smallest absolute Gasteiger partial charge is 0.369 e. The van der Waals surface area contributed by atoms with Crippen molar-refractivity contribution in [1.29, 1.82) is 0 Å². The number of aromatic nitrogens is 3. The number of hydrogen-bond donors (Lipinski definition) is 3. The summed E-state index contributed by atoms with van der Waals surface area (Å²) >= 11 is 0. The first-order valence-electron chi connectivity index (χ1n) is 10.9. The van der Waals surface area contributed by atoms with E-state index in [0.717, 1.165) is 49.0 Å². The molecule has 0 spiro atoms. The molecular formula is C24H24F3N7. The fourth-order valence-corrected chi connectivity index (χ4v) is 3.96. The van der Waals surface area contributed by atoms with Gasteiger partial charge < -0.3 is 25.4 Å². The summed E-state index contributed by atoms with van der Waals surface area (Å²) in [5.41, 5.74) is 2.26. The van der Waals surface area contributed by atoms with E-state index < -0.39 is 11.7 Å². The quantitative estimate of drug-likeness (QED) is 0.374. The molecule has 0 atom stereocenters. The van der Waals surface area contributed by atoms with E-state index in [1.165, 1.54) is 0 Å². The summed E-state index contributed by atoms with van der Waals surface area (Å²) in [6.07, 6.45) is -2.02. The summed E-state index contributed by atoms with van der Waals surface area (Å²) in [6, 6.07) is 14.8. The molecule has 7 nitrogen and oxygen atoms in total. The molecule has 1 aliphatic rings. The van der Waals surface area contributed by atoms with Crippen molar-refractivity contribution in [2.45, 2.75) is 6.18 Å². The third-order valence-electron chi connectivity index (χ3n) is 5.90. The van der Waals surface area contributed by atoms with Gasteiger partial charge in [-0.2, -0.15) is 18.2 Å². The molecule has 1 fully saturated rings. The first kappa shape index (κ1) is 22.0. The summed E-state index contributed by atoms with van der Waals surface area (Å²) in [7, 11) is 2.11. The van der Waals surface area contributed by atoms with Crippen molar-refractivity contribution in [2.24, 2.45) is 0 Å². The third-order valence-corrected chi connectivity index (χ3v) is 5.90. The van der Waals surface area contributed by atoms with Gasteiger partial charge in [0.2, 0.25) is 5.95 Å². The molecule has 2 aromatic heterocycles. The molecule has 34 heavy (non-hydrogen) atoms. The van der Waals surface area contributed by atoms with Crippen LogP contribution in [0, 0.1) is 0 Å². The predicted molar refractivity (Wildman–Crippen MR) is 128 cm³/mol. The molecular weight excluding hydrogens is 443 g/mol. The van der Waals surface area contributed by atoms with Gasteiger partial charge in [0.05, 0.1) is 0 Å². The van der Waals surface area contributed by atoms with Gasteiger partial charge in [0.15, 0.2) is 0 Å². The largest absolute Gasteiger partial charge is 0.421 e. The van der Waals surface area contributed by atoms with Crippen molar-refractivity contribution >= 4 is 39.7 Å². The van der Waals surface area contributed by atoms with Gasteiger partial charge in [-0.3, -0.25) is 0 Å². The molecule has 1 aliphatic heterocycles. The van der Waals surface area contributed by atoms with Crippen LogP contribution in [0.1, 0.15) is 5.56 Å². The maximum atomic E-state index is 13.6. The molecule has 0 saturated carbocycles. The topological polar surface area (TPSA) is 72.1 Å². The number of halogens is 3. The SMILES string of the molecule is CN1CCN(c2ccc(Nc3ncc(C(F)(F)F)c(Nc4ccc5[nH]ccc5c4)n3)cc2)CC1. The van der Waals surface area contributed by atoms with Crippen LogP contribution in [-0.4, -0.2) is 53.1 Å². The van der Waals surface area contributed by atoms with E-state index in [4.69, 9.17) is 0 Å². The van der Waals surface area contributed by atoms with Gasteiger partial charge in [-0.15, -0.1) is 0 Å². The fourth-order valence-electron chi connectivity index (χ4n) is 3.96. The third kappa shape index (κ3) is 4.76. The number of piperazine rings is 1. The van der Waals surface area contributed by atoms with Crippen molar-refractivity contribution in [3.63, 3.8) is 0 Å². The molecule has 0 radical (unpaired) electrons. The zero-order valence-corrected chi connectivity index (χ0v) is 18.5. The second-order valence-electron chi connectivity index (χ2n) is 8.32. The number of hydrogen-bond acceptors (Lipinski definition) is 6. The minimum atomic E-state index is -4.59. The Labute approximate surface area is 194 Å². The normalized spacial score (nSPS) is 15.0. The average molecular weight is 467 g/mol. The second kappa shape index (κ2) is 8.86. The molecule has 0 aliphatic carbocycles. The van der Waals surface area contributed by atoms with E-state index in [1.54, 1.807) is 24.4 Å². The number of fused-ring (bicyclic) bond motifs is 1. The minimum absolute atomic E-state index is 0.0746. The number of H-pyrrole nitrogens is 1. The summed E-state index contributed by atoms with van der Waals surface area (Å²) in [4.78, 5) is 15.7. The van der Waals surface area contributed by atoms with E-state index in [0.29, 0.717) is 11.4 Å². The van der Waals surface area contributed by atoms with E-state index in [1.807, 2.05) is 30.3 Å². The van der Waals surface area contributed by atoms with Gasteiger partial charge in [-0.05, 0) is 55.6 Å². The van der Waals surface area contributed by atoms with Crippen LogP contribution in [0.15, 0.2) is 60.9 Å². The molecule has 0 bridgehead atoms. The summed E-state index contributed by atoms with van der Waals surface area (Å²) in [5.74, 6) is -0.237. The van der Waals surface area contributed by atoms with Crippen molar-refractivity contribution < 1.29 is 13.2 Å². The zero-order chi connectivity index (χ0) is 23.7. The van der Waals surface area contributed by atoms with E-state index >= 15 is 0 Å². The number of anilines is 5. The number of benzene rings is 2. The van der Waals surface area contributed by atoms with Gasteiger partial charge in [0.1, 0.15) is 11.4 Å². The van der Waals surface area contributed by atoms with Gasteiger partial charge in [0.25, 0.3) is 0 Å². The predicted octanol–water partition coefficient (Wildman–Crippen LogP) is 5.22. The molecule has 4 aromatic rings. The van der Waals surface area contributed by atoms with Crippen LogP contribution in [-0.2, 0) is 6.18 Å². The van der Waals surface area contributed by atoms with Crippen molar-refractivity contribution in [2.75, 3.05) is 48.8 Å². The van der Waals surface area contributed by atoms with Gasteiger partial charge >= 0.3 is 6.18 Å². The van der Waals surface area contributed by atoms with Crippen LogP contribution < -0.4 is 15.5 Å². The van der Waals surface area contributed by atoms with E-state index in [9.17, 15) is 13.2 Å². The van der Waals surface area contributed by atoms with Crippen molar-refractivity contribution in [1.82, 2.24) is 19.9 Å². The Morgan fingerprint density at radius 1 is 0.912 bits per heavy atom. The molecule has 10 heteroatoms. The van der Waals surface area contributed by atoms with Crippen molar-refractivity contribution in [3.8, 4) is 0 Å². The molecule has 3 heterocycles. The number of likely N-dealkylation sites (N-methyl/N-ethyl adjacent to an activating group) is 1. The highest BCUT2D eigenvalue weighted by Crippen LogP contribution is 2.35. The minimum Gasteiger partial charge on any atom is -0.369 e. The molecule has 5 rings (SSSR count). The monoisotopic (exact) mass is 467 g/mol. The standard InChI is InChI=1S/C24H24F3N7/c1-33-10-12-34(13-11-33)19-5-2-17(3-6-19)31-23-29-15-20(24(25,26)27)22(32-23)30-18-4-7-21-16(14-18)8-9-28-21/h2-9,14-15,28H,10-13H2,1H3,(H2,29,30,31,32). The highest BCUT2D eigenvalue weighted by atomic mass is 19.4. The van der Waals surface area contributed by atoms with Crippen LogP contribution in [0.4, 0.5) is 42.0 Å². The zero-order valence-electron chi connectivity index (χ0n) is 18.5. The highest BCUT2D eigenvalue weighted by Gasteiger charge is 2.35. The van der Waals surface area contributed by atoms with Crippen LogP contribution in [0.3, 0.4) is 0 Å².